The summed E-state index contributed by atoms with van der Waals surface area (Å²) < 4.78 is 1.53. The van der Waals surface area contributed by atoms with Gasteiger partial charge in [-0.05, 0) is 25.8 Å². The zero-order valence-electron chi connectivity index (χ0n) is 8.94. The van der Waals surface area contributed by atoms with Crippen LogP contribution in [0.3, 0.4) is 0 Å². The Labute approximate surface area is 92.3 Å². The third-order valence-electron chi connectivity index (χ3n) is 3.02. The normalized spacial score (nSPS) is 15.8. The van der Waals surface area contributed by atoms with Crippen molar-refractivity contribution in [2.45, 2.75) is 25.2 Å². The largest absolute Gasteiger partial charge is 0.330 e. The summed E-state index contributed by atoms with van der Waals surface area (Å²) >= 11 is 0. The molecule has 0 bridgehead atoms. The molecule has 2 aromatic rings. The lowest BCUT2D eigenvalue weighted by atomic mass is 10.2. The summed E-state index contributed by atoms with van der Waals surface area (Å²) in [6.45, 7) is 0.471. The van der Waals surface area contributed by atoms with Crippen LogP contribution in [0.1, 0.15) is 30.0 Å². The monoisotopic (exact) mass is 218 g/mol. The minimum atomic E-state index is -0.0256. The second kappa shape index (κ2) is 3.45. The lowest BCUT2D eigenvalue weighted by Crippen LogP contribution is -2.21. The van der Waals surface area contributed by atoms with Crippen molar-refractivity contribution >= 4 is 5.65 Å². The molecule has 5 heteroatoms. The molecule has 0 radical (unpaired) electrons. The first-order valence-electron chi connectivity index (χ1n) is 5.59. The standard InChI is InChI=1S/C11H14N4O/c12-4-3-8-6-13-10-5-9(7-1-2-7)14-15(10)11(8)16/h5-7,14H,1-4,12H2. The van der Waals surface area contributed by atoms with Crippen molar-refractivity contribution < 1.29 is 0 Å². The van der Waals surface area contributed by atoms with Crippen LogP contribution in [0.2, 0.25) is 0 Å². The third kappa shape index (κ3) is 1.44. The number of aromatic amines is 1. The molecule has 84 valence electrons. The van der Waals surface area contributed by atoms with Crippen molar-refractivity contribution in [3.05, 3.63) is 33.9 Å². The van der Waals surface area contributed by atoms with Gasteiger partial charge in [0.25, 0.3) is 5.56 Å². The molecular formula is C11H14N4O. The molecule has 2 heterocycles. The van der Waals surface area contributed by atoms with Crippen LogP contribution in [0, 0.1) is 0 Å². The van der Waals surface area contributed by atoms with E-state index in [-0.39, 0.29) is 5.56 Å². The van der Waals surface area contributed by atoms with Gasteiger partial charge in [-0.15, -0.1) is 0 Å². The smallest absolute Gasteiger partial charge is 0.275 e. The van der Waals surface area contributed by atoms with Crippen molar-refractivity contribution in [3.8, 4) is 0 Å². The Hall–Kier alpha value is -1.62. The highest BCUT2D eigenvalue weighted by Crippen LogP contribution is 2.39. The fraction of sp³-hybridized carbons (Fsp3) is 0.455. The minimum Gasteiger partial charge on any atom is -0.330 e. The van der Waals surface area contributed by atoms with E-state index in [1.165, 1.54) is 17.4 Å². The number of hydrogen-bond donors (Lipinski definition) is 2. The molecule has 0 amide bonds. The Morgan fingerprint density at radius 2 is 2.38 bits per heavy atom. The first-order valence-corrected chi connectivity index (χ1v) is 5.59. The topological polar surface area (TPSA) is 76.2 Å². The Kier molecular flexibility index (Phi) is 2.07. The van der Waals surface area contributed by atoms with Gasteiger partial charge >= 0.3 is 0 Å². The fourth-order valence-electron chi connectivity index (χ4n) is 1.95. The predicted molar refractivity (Wildman–Crippen MR) is 60.5 cm³/mol. The average molecular weight is 218 g/mol. The van der Waals surface area contributed by atoms with Crippen LogP contribution >= 0.6 is 0 Å². The molecule has 0 spiro atoms. The predicted octanol–water partition coefficient (Wildman–Crippen LogP) is 0.401. The van der Waals surface area contributed by atoms with Gasteiger partial charge in [-0.25, -0.2) is 9.50 Å². The van der Waals surface area contributed by atoms with Gasteiger partial charge in [0.05, 0.1) is 0 Å². The summed E-state index contributed by atoms with van der Waals surface area (Å²) in [5, 5.41) is 3.13. The molecule has 2 aromatic heterocycles. The summed E-state index contributed by atoms with van der Waals surface area (Å²) in [7, 11) is 0. The van der Waals surface area contributed by atoms with E-state index in [0.29, 0.717) is 30.1 Å². The number of nitrogens with one attached hydrogen (secondary N) is 1. The lowest BCUT2D eigenvalue weighted by Gasteiger charge is -1.98. The first-order chi connectivity index (χ1) is 7.79. The number of aromatic nitrogens is 3. The quantitative estimate of drug-likeness (QED) is 0.783. The second-order valence-corrected chi connectivity index (χ2v) is 4.31. The van der Waals surface area contributed by atoms with Crippen LogP contribution in [-0.2, 0) is 6.42 Å². The van der Waals surface area contributed by atoms with E-state index in [1.54, 1.807) is 6.20 Å². The van der Waals surface area contributed by atoms with Crippen LogP contribution in [0.5, 0.6) is 0 Å². The van der Waals surface area contributed by atoms with E-state index < -0.39 is 0 Å². The molecule has 0 saturated heterocycles. The van der Waals surface area contributed by atoms with E-state index in [9.17, 15) is 4.79 Å². The van der Waals surface area contributed by atoms with Crippen LogP contribution in [0.25, 0.3) is 5.65 Å². The summed E-state index contributed by atoms with van der Waals surface area (Å²) in [6, 6.07) is 1.96. The maximum absolute atomic E-state index is 12.0. The Bertz CT molecular complexity index is 579. The molecular weight excluding hydrogens is 204 g/mol. The van der Waals surface area contributed by atoms with Crippen LogP contribution in [-0.4, -0.2) is 21.1 Å². The molecule has 0 aromatic carbocycles. The number of nitrogens with zero attached hydrogens (tertiary/aromatic N) is 2. The van der Waals surface area contributed by atoms with Crippen LogP contribution < -0.4 is 11.3 Å². The molecule has 1 aliphatic carbocycles. The Balaban J connectivity index is 2.15. The molecule has 0 aliphatic heterocycles. The van der Waals surface area contributed by atoms with E-state index in [2.05, 4.69) is 10.1 Å². The summed E-state index contributed by atoms with van der Waals surface area (Å²) in [5.74, 6) is 0.596. The third-order valence-corrected chi connectivity index (χ3v) is 3.02. The highest BCUT2D eigenvalue weighted by atomic mass is 16.1. The molecule has 16 heavy (non-hydrogen) atoms. The Morgan fingerprint density at radius 1 is 1.56 bits per heavy atom. The molecule has 1 aliphatic rings. The molecule has 5 nitrogen and oxygen atoms in total. The maximum Gasteiger partial charge on any atom is 0.275 e. The molecule has 1 fully saturated rings. The summed E-state index contributed by atoms with van der Waals surface area (Å²) in [6.07, 6.45) is 4.62. The first kappa shape index (κ1) is 9.59. The average Bonchev–Trinajstić information content (AvgIpc) is 3.03. The van der Waals surface area contributed by atoms with Crippen molar-refractivity contribution in [2.75, 3.05) is 6.54 Å². The van der Waals surface area contributed by atoms with E-state index in [1.807, 2.05) is 6.07 Å². The van der Waals surface area contributed by atoms with Crippen LogP contribution in [0.4, 0.5) is 0 Å². The minimum absolute atomic E-state index is 0.0256. The zero-order chi connectivity index (χ0) is 11.1. The Morgan fingerprint density at radius 3 is 3.06 bits per heavy atom. The molecule has 1 saturated carbocycles. The van der Waals surface area contributed by atoms with Gasteiger partial charge in [0.15, 0.2) is 5.65 Å². The molecule has 3 N–H and O–H groups in total. The van der Waals surface area contributed by atoms with Crippen molar-refractivity contribution in [2.24, 2.45) is 5.73 Å². The van der Waals surface area contributed by atoms with E-state index in [4.69, 9.17) is 5.73 Å². The number of hydrogen-bond acceptors (Lipinski definition) is 3. The highest BCUT2D eigenvalue weighted by molar-refractivity contribution is 5.41. The number of H-pyrrole nitrogens is 1. The van der Waals surface area contributed by atoms with Gasteiger partial charge in [0.2, 0.25) is 0 Å². The van der Waals surface area contributed by atoms with Gasteiger partial charge in [-0.2, -0.15) is 0 Å². The van der Waals surface area contributed by atoms with Crippen molar-refractivity contribution in [1.29, 1.82) is 0 Å². The summed E-state index contributed by atoms with van der Waals surface area (Å²) in [4.78, 5) is 16.3. The fourth-order valence-corrected chi connectivity index (χ4v) is 1.95. The van der Waals surface area contributed by atoms with Gasteiger partial charge in [-0.1, -0.05) is 0 Å². The SMILES string of the molecule is NCCc1cnc2cc(C3CC3)[nH]n2c1=O. The van der Waals surface area contributed by atoms with E-state index >= 15 is 0 Å². The zero-order valence-corrected chi connectivity index (χ0v) is 8.94. The second-order valence-electron chi connectivity index (χ2n) is 4.31. The van der Waals surface area contributed by atoms with E-state index in [0.717, 1.165) is 5.69 Å². The lowest BCUT2D eigenvalue weighted by molar-refractivity contribution is 0.822. The van der Waals surface area contributed by atoms with Gasteiger partial charge in [-0.3, -0.25) is 9.89 Å². The maximum atomic E-state index is 12.0. The van der Waals surface area contributed by atoms with Crippen molar-refractivity contribution in [1.82, 2.24) is 14.6 Å². The number of nitrogens with two attached hydrogens (primary N) is 1. The number of rotatable bonds is 3. The summed E-state index contributed by atoms with van der Waals surface area (Å²) in [5.41, 5.74) is 7.92. The molecule has 0 atom stereocenters. The number of fused-ring (bicyclic) bond motifs is 1. The van der Waals surface area contributed by atoms with Gasteiger partial charge < -0.3 is 5.73 Å². The molecule has 0 unspecified atom stereocenters. The van der Waals surface area contributed by atoms with Gasteiger partial charge in [0, 0.05) is 29.4 Å². The van der Waals surface area contributed by atoms with Crippen LogP contribution in [0.15, 0.2) is 17.1 Å². The van der Waals surface area contributed by atoms with Gasteiger partial charge in [0.1, 0.15) is 0 Å². The highest BCUT2D eigenvalue weighted by Gasteiger charge is 2.25. The molecule has 3 rings (SSSR count). The van der Waals surface area contributed by atoms with Crippen molar-refractivity contribution in [3.63, 3.8) is 0 Å².